The highest BCUT2D eigenvalue weighted by Crippen LogP contribution is 2.37. The zero-order valence-corrected chi connectivity index (χ0v) is 17.4. The molecule has 5 rings (SSSR count). The minimum atomic E-state index is -0.135. The Bertz CT molecular complexity index is 1300. The number of anilines is 2. The first-order valence-electron chi connectivity index (χ1n) is 10.1. The third-order valence-electron chi connectivity index (χ3n) is 5.66. The molecule has 0 atom stereocenters. The molecular weight excluding hydrogens is 394 g/mol. The van der Waals surface area contributed by atoms with Crippen LogP contribution < -0.4 is 15.8 Å². The number of rotatable bonds is 5. The largest absolute Gasteiger partial charge is 0.494 e. The van der Waals surface area contributed by atoms with Gasteiger partial charge < -0.3 is 20.4 Å². The molecule has 0 radical (unpaired) electrons. The molecule has 3 N–H and O–H groups in total. The van der Waals surface area contributed by atoms with Gasteiger partial charge in [-0.05, 0) is 42.5 Å². The summed E-state index contributed by atoms with van der Waals surface area (Å²) in [5, 5.41) is 7.03. The maximum atomic E-state index is 12.5. The lowest BCUT2D eigenvalue weighted by atomic mass is 10.2. The molecule has 1 aliphatic carbocycles. The fourth-order valence-electron chi connectivity index (χ4n) is 4.35. The summed E-state index contributed by atoms with van der Waals surface area (Å²) in [6, 6.07) is 5.71. The first-order valence-corrected chi connectivity index (χ1v) is 10.1. The second-order valence-corrected chi connectivity index (χ2v) is 7.70. The zero-order chi connectivity index (χ0) is 21.5. The lowest BCUT2D eigenvalue weighted by Gasteiger charge is -2.15. The lowest BCUT2D eigenvalue weighted by molar-refractivity contribution is -0.115. The molecular formula is C22H23N7O2. The second kappa shape index (κ2) is 7.42. The van der Waals surface area contributed by atoms with E-state index in [0.29, 0.717) is 17.3 Å². The molecule has 1 amide bonds. The predicted octanol–water partition coefficient (Wildman–Crippen LogP) is 2.41. The number of nitrogens with zero attached hydrogens (tertiary/aromatic N) is 5. The molecule has 3 heterocycles. The molecule has 0 fully saturated rings. The van der Waals surface area contributed by atoms with Crippen LogP contribution in [0, 0.1) is 0 Å². The standard InChI is InChI=1S/C22H23N7O2/c1-28-11-13(10-26-28)8-19(30)27-16-7-6-14(9-18(16)31-2)29-17-5-3-4-15(17)20-21(29)22(23)25-12-24-20/h6-7,9-12H,3-5,8H2,1-2H3,(H,27,30)(H2,23,24,25). The molecule has 9 heteroatoms. The number of methoxy groups -OCH3 is 1. The monoisotopic (exact) mass is 417 g/mol. The summed E-state index contributed by atoms with van der Waals surface area (Å²) in [6.07, 6.45) is 8.29. The van der Waals surface area contributed by atoms with Crippen LogP contribution in [0.1, 0.15) is 23.2 Å². The first-order chi connectivity index (χ1) is 15.0. The molecule has 0 bridgehead atoms. The highest BCUT2D eigenvalue weighted by molar-refractivity contribution is 5.94. The number of hydrogen-bond acceptors (Lipinski definition) is 6. The van der Waals surface area contributed by atoms with Gasteiger partial charge in [0.05, 0.1) is 30.9 Å². The molecule has 4 aromatic rings. The van der Waals surface area contributed by atoms with E-state index in [-0.39, 0.29) is 12.3 Å². The third kappa shape index (κ3) is 3.27. The highest BCUT2D eigenvalue weighted by Gasteiger charge is 2.25. The summed E-state index contributed by atoms with van der Waals surface area (Å²) in [7, 11) is 3.41. The molecule has 1 aliphatic rings. The summed E-state index contributed by atoms with van der Waals surface area (Å²) < 4.78 is 9.39. The minimum Gasteiger partial charge on any atom is -0.494 e. The topological polar surface area (TPSA) is 113 Å². The highest BCUT2D eigenvalue weighted by atomic mass is 16.5. The molecule has 1 aromatic carbocycles. The second-order valence-electron chi connectivity index (χ2n) is 7.70. The van der Waals surface area contributed by atoms with Crippen LogP contribution in [0.5, 0.6) is 5.75 Å². The van der Waals surface area contributed by atoms with E-state index in [1.807, 2.05) is 31.4 Å². The molecule has 0 unspecified atom stereocenters. The number of carbonyl (C=O) groups excluding carboxylic acids is 1. The van der Waals surface area contributed by atoms with Gasteiger partial charge in [-0.3, -0.25) is 9.48 Å². The van der Waals surface area contributed by atoms with Crippen LogP contribution in [0.25, 0.3) is 16.7 Å². The van der Waals surface area contributed by atoms with Crippen molar-refractivity contribution in [3.05, 3.63) is 53.7 Å². The van der Waals surface area contributed by atoms with E-state index >= 15 is 0 Å². The SMILES string of the molecule is COc1cc(-n2c3c(c4ncnc(N)c42)CCC3)ccc1NC(=O)Cc1cnn(C)c1. The quantitative estimate of drug-likeness (QED) is 0.516. The number of nitrogens with two attached hydrogens (primary N) is 1. The third-order valence-corrected chi connectivity index (χ3v) is 5.66. The summed E-state index contributed by atoms with van der Waals surface area (Å²) in [5.41, 5.74) is 12.8. The number of ether oxygens (including phenoxy) is 1. The number of amides is 1. The Hall–Kier alpha value is -3.88. The van der Waals surface area contributed by atoms with Gasteiger partial charge in [-0.2, -0.15) is 5.10 Å². The normalized spacial score (nSPS) is 12.8. The van der Waals surface area contributed by atoms with Crippen molar-refractivity contribution in [2.45, 2.75) is 25.7 Å². The number of benzene rings is 1. The number of hydrogen-bond donors (Lipinski definition) is 2. The van der Waals surface area contributed by atoms with Crippen molar-refractivity contribution in [2.75, 3.05) is 18.2 Å². The first kappa shape index (κ1) is 19.1. The van der Waals surface area contributed by atoms with Crippen molar-refractivity contribution in [2.24, 2.45) is 7.05 Å². The maximum absolute atomic E-state index is 12.5. The number of aryl methyl sites for hydroxylation is 2. The number of nitrogens with one attached hydrogen (secondary N) is 1. The van der Waals surface area contributed by atoms with E-state index < -0.39 is 0 Å². The van der Waals surface area contributed by atoms with E-state index in [9.17, 15) is 4.79 Å². The van der Waals surface area contributed by atoms with Crippen LogP contribution in [0.3, 0.4) is 0 Å². The van der Waals surface area contributed by atoms with Gasteiger partial charge in [0.15, 0.2) is 5.82 Å². The van der Waals surface area contributed by atoms with E-state index in [2.05, 4.69) is 25.0 Å². The van der Waals surface area contributed by atoms with Crippen molar-refractivity contribution < 1.29 is 9.53 Å². The van der Waals surface area contributed by atoms with E-state index in [0.717, 1.165) is 41.5 Å². The summed E-state index contributed by atoms with van der Waals surface area (Å²) in [6.45, 7) is 0. The number of aromatic nitrogens is 5. The van der Waals surface area contributed by atoms with E-state index in [4.69, 9.17) is 10.5 Å². The van der Waals surface area contributed by atoms with Crippen LogP contribution in [-0.4, -0.2) is 37.3 Å². The van der Waals surface area contributed by atoms with E-state index in [1.165, 1.54) is 17.6 Å². The van der Waals surface area contributed by atoms with Gasteiger partial charge in [0.2, 0.25) is 5.91 Å². The van der Waals surface area contributed by atoms with Crippen molar-refractivity contribution in [3.63, 3.8) is 0 Å². The smallest absolute Gasteiger partial charge is 0.229 e. The van der Waals surface area contributed by atoms with Crippen LogP contribution >= 0.6 is 0 Å². The molecule has 31 heavy (non-hydrogen) atoms. The fourth-order valence-corrected chi connectivity index (χ4v) is 4.35. The molecule has 0 saturated carbocycles. The fraction of sp³-hybridized carbons (Fsp3) is 0.273. The van der Waals surface area contributed by atoms with Gasteiger partial charge in [-0.15, -0.1) is 0 Å². The summed E-state index contributed by atoms with van der Waals surface area (Å²) in [5.74, 6) is 0.886. The number of fused-ring (bicyclic) bond motifs is 3. The maximum Gasteiger partial charge on any atom is 0.229 e. The summed E-state index contributed by atoms with van der Waals surface area (Å²) in [4.78, 5) is 21.2. The van der Waals surface area contributed by atoms with Gasteiger partial charge in [0.1, 0.15) is 17.6 Å². The molecule has 9 nitrogen and oxygen atoms in total. The van der Waals surface area contributed by atoms with Crippen molar-refractivity contribution in [3.8, 4) is 11.4 Å². The van der Waals surface area contributed by atoms with Crippen LogP contribution in [0.15, 0.2) is 36.9 Å². The lowest BCUT2D eigenvalue weighted by Crippen LogP contribution is -2.15. The molecule has 0 saturated heterocycles. The molecule has 3 aromatic heterocycles. The molecule has 0 spiro atoms. The van der Waals surface area contributed by atoms with E-state index in [1.54, 1.807) is 18.0 Å². The van der Waals surface area contributed by atoms with Crippen molar-refractivity contribution in [1.29, 1.82) is 0 Å². The number of nitrogen functional groups attached to an aromatic ring is 1. The van der Waals surface area contributed by atoms with Crippen molar-refractivity contribution >= 4 is 28.4 Å². The van der Waals surface area contributed by atoms with Gasteiger partial charge in [0, 0.05) is 30.7 Å². The Morgan fingerprint density at radius 1 is 1.29 bits per heavy atom. The zero-order valence-electron chi connectivity index (χ0n) is 17.4. The predicted molar refractivity (Wildman–Crippen MR) is 117 cm³/mol. The molecule has 0 aliphatic heterocycles. The molecule has 158 valence electrons. The number of carbonyl (C=O) groups is 1. The minimum absolute atomic E-state index is 0.135. The van der Waals surface area contributed by atoms with Gasteiger partial charge in [0.25, 0.3) is 0 Å². The average Bonchev–Trinajstić information content (AvgIpc) is 3.45. The average molecular weight is 417 g/mol. The van der Waals surface area contributed by atoms with Gasteiger partial charge in [-0.25, -0.2) is 9.97 Å². The van der Waals surface area contributed by atoms with Gasteiger partial charge >= 0.3 is 0 Å². The Balaban J connectivity index is 1.51. The Kier molecular flexibility index (Phi) is 4.58. The van der Waals surface area contributed by atoms with Crippen LogP contribution in [0.2, 0.25) is 0 Å². The van der Waals surface area contributed by atoms with Crippen LogP contribution in [0.4, 0.5) is 11.5 Å². The summed E-state index contributed by atoms with van der Waals surface area (Å²) >= 11 is 0. The van der Waals surface area contributed by atoms with Crippen LogP contribution in [-0.2, 0) is 31.1 Å². The van der Waals surface area contributed by atoms with Crippen molar-refractivity contribution in [1.82, 2.24) is 24.3 Å². The Labute approximate surface area is 178 Å². The Morgan fingerprint density at radius 2 is 2.16 bits per heavy atom. The van der Waals surface area contributed by atoms with Gasteiger partial charge in [-0.1, -0.05) is 0 Å². The Morgan fingerprint density at radius 3 is 2.94 bits per heavy atom.